The van der Waals surface area contributed by atoms with Gasteiger partial charge in [-0.25, -0.2) is 0 Å². The number of amides is 1. The van der Waals surface area contributed by atoms with Gasteiger partial charge in [0, 0.05) is 54.7 Å². The number of nitrogens with zero attached hydrogens (tertiary/aromatic N) is 2. The molecular weight excluding hydrogens is 949 g/mol. The lowest BCUT2D eigenvalue weighted by Crippen LogP contribution is -2.70. The van der Waals surface area contributed by atoms with Gasteiger partial charge in [-0.05, 0) is 103 Å². The molecule has 4 aromatic carbocycles. The normalized spacial score (nSPS) is 21.8. The van der Waals surface area contributed by atoms with Crippen molar-refractivity contribution in [3.63, 3.8) is 0 Å². The van der Waals surface area contributed by atoms with E-state index < -0.39 is 17.7 Å². The Kier molecular flexibility index (Phi) is 21.2. The van der Waals surface area contributed by atoms with Crippen LogP contribution in [-0.4, -0.2) is 77.5 Å². The van der Waals surface area contributed by atoms with Gasteiger partial charge >= 0.3 is 0 Å². The van der Waals surface area contributed by atoms with Crippen LogP contribution >= 0.6 is 11.8 Å². The van der Waals surface area contributed by atoms with Gasteiger partial charge in [0.2, 0.25) is 18.5 Å². The van der Waals surface area contributed by atoms with Crippen molar-refractivity contribution in [3.8, 4) is 23.0 Å². The minimum Gasteiger partial charge on any atom is -0.493 e. The molecule has 4 aliphatic rings. The molecule has 0 saturated heterocycles. The number of allylic oxidation sites excluding steroid dienone is 1. The molecule has 2 aliphatic carbocycles. The van der Waals surface area contributed by atoms with Crippen molar-refractivity contribution in [2.24, 2.45) is 22.9 Å². The molecule has 1 fully saturated rings. The van der Waals surface area contributed by atoms with E-state index in [4.69, 9.17) is 33.7 Å². The SMILES string of the molecule is C=CCO[C@@]12Oc3ccc(OCCSc4ccccc4)cc3[C@H]3[C@H](CCCCO)[C@@H](CCCCO)C=C(C(=NOCc4ccccc4)C[C@@H]1N(Cc1ccc4c(c1)OCO4)C(=O)CCCCCCCCCCC)[C@H]32. The van der Waals surface area contributed by atoms with Crippen LogP contribution in [0.25, 0.3) is 0 Å². The van der Waals surface area contributed by atoms with Gasteiger partial charge in [-0.15, -0.1) is 18.3 Å². The zero-order valence-electron chi connectivity index (χ0n) is 43.7. The Morgan fingerprint density at radius 2 is 1.53 bits per heavy atom. The predicted molar refractivity (Wildman–Crippen MR) is 294 cm³/mol. The number of ether oxygens (including phenoxy) is 5. The quantitative estimate of drug-likeness (QED) is 0.0211. The first-order valence-corrected chi connectivity index (χ1v) is 28.7. The van der Waals surface area contributed by atoms with E-state index in [1.165, 1.54) is 43.4 Å². The lowest BCUT2D eigenvalue weighted by molar-refractivity contribution is -0.258. The van der Waals surface area contributed by atoms with Gasteiger partial charge in [-0.3, -0.25) is 4.79 Å². The highest BCUT2D eigenvalue weighted by Crippen LogP contribution is 2.62. The van der Waals surface area contributed by atoms with Crippen molar-refractivity contribution in [1.29, 1.82) is 0 Å². The molecule has 0 radical (unpaired) electrons. The molecule has 1 amide bonds. The summed E-state index contributed by atoms with van der Waals surface area (Å²) < 4.78 is 33.1. The first-order valence-electron chi connectivity index (χ1n) is 27.7. The number of thioether (sulfide) groups is 1. The number of carbonyl (C=O) groups is 1. The third-order valence-electron chi connectivity index (χ3n) is 15.2. The van der Waals surface area contributed by atoms with Crippen molar-refractivity contribution >= 4 is 23.4 Å². The predicted octanol–water partition coefficient (Wildman–Crippen LogP) is 13.4. The summed E-state index contributed by atoms with van der Waals surface area (Å²) in [6.07, 6.45) is 19.9. The summed E-state index contributed by atoms with van der Waals surface area (Å²) in [7, 11) is 0. The lowest BCUT2D eigenvalue weighted by atomic mass is 9.55. The Labute approximate surface area is 444 Å². The molecule has 0 unspecified atom stereocenters. The number of carbonyl (C=O) groups excluding carboxylic acids is 1. The van der Waals surface area contributed by atoms with E-state index in [0.717, 1.165) is 84.4 Å². The van der Waals surface area contributed by atoms with E-state index in [-0.39, 0.29) is 63.4 Å². The summed E-state index contributed by atoms with van der Waals surface area (Å²) >= 11 is 1.76. The highest BCUT2D eigenvalue weighted by Gasteiger charge is 2.65. The average Bonchev–Trinajstić information content (AvgIpc) is 3.91. The van der Waals surface area contributed by atoms with Gasteiger partial charge in [0.25, 0.3) is 0 Å². The Morgan fingerprint density at radius 1 is 0.811 bits per heavy atom. The van der Waals surface area contributed by atoms with Crippen LogP contribution in [0.5, 0.6) is 23.0 Å². The maximum Gasteiger partial charge on any atom is 0.239 e. The van der Waals surface area contributed by atoms with Gasteiger partial charge in [-0.2, -0.15) is 0 Å². The van der Waals surface area contributed by atoms with Gasteiger partial charge in [0.05, 0.1) is 24.8 Å². The topological polar surface area (TPSA) is 129 Å². The van der Waals surface area contributed by atoms with Crippen molar-refractivity contribution < 1.29 is 43.5 Å². The molecule has 2 aliphatic heterocycles. The number of aliphatic hydroxyl groups is 2. The fraction of sp³-hybridized carbons (Fsp3) is 0.516. The average molecular weight is 1030 g/mol. The monoisotopic (exact) mass is 1030 g/mol. The Hall–Kier alpha value is -5.27. The molecule has 398 valence electrons. The van der Waals surface area contributed by atoms with Crippen LogP contribution in [-0.2, 0) is 27.5 Å². The minimum atomic E-state index is -1.39. The van der Waals surface area contributed by atoms with Crippen molar-refractivity contribution in [2.45, 2.75) is 152 Å². The molecule has 1 saturated carbocycles. The van der Waals surface area contributed by atoms with Gasteiger partial charge in [-0.1, -0.05) is 143 Å². The van der Waals surface area contributed by atoms with Gasteiger partial charge < -0.3 is 43.6 Å². The van der Waals surface area contributed by atoms with E-state index >= 15 is 4.79 Å². The largest absolute Gasteiger partial charge is 0.493 e. The van der Waals surface area contributed by atoms with Crippen molar-refractivity contribution in [3.05, 3.63) is 138 Å². The highest BCUT2D eigenvalue weighted by atomic mass is 32.2. The first-order chi connectivity index (χ1) is 36.5. The van der Waals surface area contributed by atoms with Crippen LogP contribution in [0.4, 0.5) is 0 Å². The molecule has 0 aromatic heterocycles. The smallest absolute Gasteiger partial charge is 0.239 e. The second kappa shape index (κ2) is 28.6. The summed E-state index contributed by atoms with van der Waals surface area (Å²) in [4.78, 5) is 25.1. The number of hydrogen-bond donors (Lipinski definition) is 2. The maximum absolute atomic E-state index is 15.5. The zero-order valence-corrected chi connectivity index (χ0v) is 44.5. The third kappa shape index (κ3) is 14.2. The molecule has 2 heterocycles. The fourth-order valence-corrected chi connectivity index (χ4v) is 12.4. The number of fused-ring (bicyclic) bond motifs is 3. The number of benzene rings is 4. The van der Waals surface area contributed by atoms with Crippen molar-refractivity contribution in [2.75, 3.05) is 39.0 Å². The van der Waals surface area contributed by atoms with E-state index in [1.807, 2.05) is 71.6 Å². The molecule has 8 rings (SSSR count). The second-order valence-electron chi connectivity index (χ2n) is 20.3. The van der Waals surface area contributed by atoms with E-state index in [9.17, 15) is 10.2 Å². The third-order valence-corrected chi connectivity index (χ3v) is 16.2. The van der Waals surface area contributed by atoms with Crippen LogP contribution in [0, 0.1) is 17.8 Å². The van der Waals surface area contributed by atoms with E-state index in [1.54, 1.807) is 17.8 Å². The maximum atomic E-state index is 15.5. The summed E-state index contributed by atoms with van der Waals surface area (Å²) in [5, 5.41) is 25.3. The molecule has 11 nitrogen and oxygen atoms in total. The van der Waals surface area contributed by atoms with E-state index in [0.29, 0.717) is 49.5 Å². The standard InChI is InChI=1S/C62H80N2O9S/c1-3-5-6-7-8-9-10-11-18-29-59(67)64(43-47-30-32-56-57(39-47)70-45-69-56)58-42-54(63-72-44-46-23-14-12-15-24-46)52-40-48(25-19-21-34-65)51(28-20-22-35-66)60-53-41-49(68-37-38-74-50-26-16-13-17-27-50)31-33-55(53)73-62(58,61(52)60)71-36-4-2/h4,12-17,23-24,26-27,30-33,39-41,48,51,58,60-61,65-66H,2-3,5-11,18-22,25,28-29,34-38,42-45H2,1H3/t48-,51+,58-,60+,61+,62+/m0/s1. The van der Waals surface area contributed by atoms with Crippen molar-refractivity contribution in [1.82, 2.24) is 4.90 Å². The van der Waals surface area contributed by atoms with E-state index in [2.05, 4.69) is 49.9 Å². The summed E-state index contributed by atoms with van der Waals surface area (Å²) in [6.45, 7) is 8.02. The number of oxime groups is 1. The molecular formula is C62H80N2O9S. The van der Waals surface area contributed by atoms with Crippen LogP contribution in [0.15, 0.2) is 131 Å². The molecule has 74 heavy (non-hydrogen) atoms. The van der Waals surface area contributed by atoms with Crippen LogP contribution in [0.2, 0.25) is 0 Å². The second-order valence-corrected chi connectivity index (χ2v) is 21.5. The molecule has 0 bridgehead atoms. The lowest BCUT2D eigenvalue weighted by Gasteiger charge is -2.60. The zero-order chi connectivity index (χ0) is 51.4. The Morgan fingerprint density at radius 3 is 2.28 bits per heavy atom. The number of aliphatic hydroxyl groups excluding tert-OH is 2. The molecule has 2 N–H and O–H groups in total. The summed E-state index contributed by atoms with van der Waals surface area (Å²) in [6, 6.07) is 31.9. The first kappa shape index (κ1) is 55.0. The van der Waals surface area contributed by atoms with Gasteiger partial charge in [0.1, 0.15) is 24.1 Å². The Balaban J connectivity index is 1.23. The molecule has 6 atom stereocenters. The van der Waals surface area contributed by atoms with Gasteiger partial charge in [0.15, 0.2) is 11.5 Å². The Bertz CT molecular complexity index is 2430. The molecule has 0 spiro atoms. The fourth-order valence-electron chi connectivity index (χ4n) is 11.7. The molecule has 4 aromatic rings. The number of hydrogen-bond acceptors (Lipinski definition) is 11. The minimum absolute atomic E-state index is 0.0226. The van der Waals surface area contributed by atoms with Crippen LogP contribution in [0.1, 0.15) is 139 Å². The molecule has 12 heteroatoms. The highest BCUT2D eigenvalue weighted by molar-refractivity contribution is 7.99. The number of rotatable bonds is 32. The summed E-state index contributed by atoms with van der Waals surface area (Å²) in [5.74, 6) is 1.77. The van der Waals surface area contributed by atoms with Crippen LogP contribution < -0.4 is 18.9 Å². The van der Waals surface area contributed by atoms with Crippen LogP contribution in [0.3, 0.4) is 0 Å². The summed E-state index contributed by atoms with van der Waals surface area (Å²) in [5.41, 5.74) is 4.70. The number of unbranched alkanes of at least 4 members (excludes halogenated alkanes) is 10.